The summed E-state index contributed by atoms with van der Waals surface area (Å²) in [6.45, 7) is 8.97. The van der Waals surface area contributed by atoms with Gasteiger partial charge >= 0.3 is 0 Å². The Morgan fingerprint density at radius 1 is 0.603 bits per heavy atom. The van der Waals surface area contributed by atoms with Gasteiger partial charge in [0.15, 0.2) is 22.8 Å². The first-order chi connectivity index (χ1) is 27.2. The number of aromatic nitrogens is 10. The van der Waals surface area contributed by atoms with Crippen LogP contribution in [0.5, 0.6) is 0 Å². The zero-order valence-electron chi connectivity index (χ0n) is 31.3. The number of rotatable bonds is 9. The number of aryl methyl sites for hydroxylation is 2. The Morgan fingerprint density at radius 2 is 1.07 bits per heavy atom. The summed E-state index contributed by atoms with van der Waals surface area (Å²) in [5, 5.41) is 8.91. The largest absolute Gasteiger partial charge is 0.458 e. The highest BCUT2D eigenvalue weighted by Crippen LogP contribution is 2.25. The average molecular weight is 805 g/mol. The van der Waals surface area contributed by atoms with E-state index in [0.717, 1.165) is 78.1 Å². The zero-order valence-corrected chi connectivity index (χ0v) is 32.1. The predicted molar refractivity (Wildman–Crippen MR) is 225 cm³/mol. The number of nitrogens with two attached hydrogens (primary N) is 2. The molecule has 0 bridgehead atoms. The third kappa shape index (κ3) is 9.15. The van der Waals surface area contributed by atoms with Crippen molar-refractivity contribution in [3.63, 3.8) is 0 Å². The molecule has 0 spiro atoms. The van der Waals surface area contributed by atoms with Gasteiger partial charge in [-0.05, 0) is 69.4 Å². The van der Waals surface area contributed by atoms with Crippen molar-refractivity contribution in [2.24, 2.45) is 0 Å². The smallest absolute Gasteiger partial charge is 0.224 e. The summed E-state index contributed by atoms with van der Waals surface area (Å²) >= 11 is 5.86. The Labute approximate surface area is 341 Å². The second-order valence-electron chi connectivity index (χ2n) is 13.7. The summed E-state index contributed by atoms with van der Waals surface area (Å²) in [7, 11) is 2.17. The van der Waals surface area contributed by atoms with E-state index in [1.54, 1.807) is 21.4 Å². The summed E-state index contributed by atoms with van der Waals surface area (Å²) in [6.07, 6.45) is 4.74. The average Bonchev–Trinajstić information content (AvgIpc) is 4.01. The molecular formula is C41H49ClN14O2. The van der Waals surface area contributed by atoms with Crippen LogP contribution in [-0.2, 0) is 25.3 Å². The minimum Gasteiger partial charge on any atom is -0.458 e. The number of piperazine rings is 1. The van der Waals surface area contributed by atoms with E-state index in [1.807, 2.05) is 62.4 Å². The minimum absolute atomic E-state index is 0. The van der Waals surface area contributed by atoms with E-state index in [-0.39, 0.29) is 26.7 Å². The number of halogens is 1. The third-order valence-electron chi connectivity index (χ3n) is 9.43. The Balaban J connectivity index is 0.000000193. The molecule has 58 heavy (non-hydrogen) atoms. The van der Waals surface area contributed by atoms with Gasteiger partial charge in [0.25, 0.3) is 0 Å². The molecule has 0 saturated carbocycles. The molecule has 0 amide bonds. The van der Waals surface area contributed by atoms with Crippen molar-refractivity contribution < 1.29 is 8.83 Å². The molecule has 0 radical (unpaired) electrons. The number of anilines is 2. The fraction of sp³-hybridized carbons (Fsp3) is 0.317. The molecule has 4 N–H and O–H groups in total. The zero-order chi connectivity index (χ0) is 38.8. The highest BCUT2D eigenvalue weighted by atomic mass is 35.5. The van der Waals surface area contributed by atoms with Crippen molar-refractivity contribution in [2.45, 2.75) is 54.0 Å². The van der Waals surface area contributed by atoms with Gasteiger partial charge in [0, 0.05) is 68.1 Å². The lowest BCUT2D eigenvalue weighted by molar-refractivity contribution is 0.147. The third-order valence-corrected chi connectivity index (χ3v) is 9.70. The second-order valence-corrected chi connectivity index (χ2v) is 14.0. The molecule has 9 rings (SSSR count). The highest BCUT2D eigenvalue weighted by Gasteiger charge is 2.19. The summed E-state index contributed by atoms with van der Waals surface area (Å²) in [6, 6.07) is 19.4. The molecule has 0 aromatic carbocycles. The van der Waals surface area contributed by atoms with Crippen molar-refractivity contribution in [1.82, 2.24) is 58.9 Å². The molecule has 9 heterocycles. The van der Waals surface area contributed by atoms with Crippen LogP contribution in [0.2, 0.25) is 0 Å². The lowest BCUT2D eigenvalue weighted by Gasteiger charge is -2.32. The molecule has 1 aliphatic heterocycles. The number of furan rings is 2. The van der Waals surface area contributed by atoms with E-state index >= 15 is 0 Å². The first kappa shape index (κ1) is 41.4. The first-order valence-corrected chi connectivity index (χ1v) is 18.7. The lowest BCUT2D eigenvalue weighted by atomic mass is 10.1. The van der Waals surface area contributed by atoms with Crippen LogP contribution in [0.15, 0.2) is 81.9 Å². The molecule has 1 aliphatic rings. The quantitative estimate of drug-likeness (QED) is 0.155. The molecule has 0 atom stereocenters. The first-order valence-electron chi connectivity index (χ1n) is 18.2. The molecule has 16 nitrogen and oxygen atoms in total. The molecule has 0 aliphatic carbocycles. The summed E-state index contributed by atoms with van der Waals surface area (Å²) in [4.78, 5) is 31.6. The SMILES string of the molecule is C.C.Cc1ccc(-c2nc(N)nc3c(Cc4cccc(CCl)n4)cnn23)o1.Cc1ccc(-c2nc(N)nc3c(Cc4cccc(CN5CCN(C)CC5)n4)cnn23)o1. The summed E-state index contributed by atoms with van der Waals surface area (Å²) in [5.41, 5.74) is 18.8. The van der Waals surface area contributed by atoms with Gasteiger partial charge in [0.1, 0.15) is 11.5 Å². The van der Waals surface area contributed by atoms with Crippen molar-refractivity contribution in [3.8, 4) is 23.2 Å². The van der Waals surface area contributed by atoms with Crippen LogP contribution in [0.4, 0.5) is 11.9 Å². The van der Waals surface area contributed by atoms with Crippen LogP contribution in [-0.4, -0.2) is 92.2 Å². The van der Waals surface area contributed by atoms with Crippen LogP contribution in [0.1, 0.15) is 60.3 Å². The molecule has 8 aromatic heterocycles. The fourth-order valence-corrected chi connectivity index (χ4v) is 6.75. The molecule has 1 fully saturated rings. The van der Waals surface area contributed by atoms with Gasteiger partial charge in [-0.3, -0.25) is 14.9 Å². The topological polar surface area (TPSA) is 197 Å². The van der Waals surface area contributed by atoms with Gasteiger partial charge < -0.3 is 25.2 Å². The number of pyridine rings is 2. The van der Waals surface area contributed by atoms with Crippen LogP contribution < -0.4 is 11.5 Å². The highest BCUT2D eigenvalue weighted by molar-refractivity contribution is 6.16. The Kier molecular flexibility index (Phi) is 12.8. The lowest BCUT2D eigenvalue weighted by Crippen LogP contribution is -2.44. The van der Waals surface area contributed by atoms with Gasteiger partial charge in [-0.15, -0.1) is 11.6 Å². The van der Waals surface area contributed by atoms with Gasteiger partial charge in [-0.25, -0.2) is 0 Å². The molecule has 1 saturated heterocycles. The normalized spacial score (nSPS) is 13.2. The number of alkyl halides is 1. The van der Waals surface area contributed by atoms with Crippen LogP contribution in [0.3, 0.4) is 0 Å². The van der Waals surface area contributed by atoms with E-state index < -0.39 is 0 Å². The van der Waals surface area contributed by atoms with Crippen molar-refractivity contribution in [3.05, 3.63) is 118 Å². The maximum atomic E-state index is 6.00. The maximum Gasteiger partial charge on any atom is 0.224 e. The Hall–Kier alpha value is -6.23. The standard InChI is InChI=1S/C22H26N8O.C17H15ClN6O.2CH4/c1-15-6-7-19(31-15)21-27-22(23)26-20-16(13-24-30(20)21)12-17-4-3-5-18(25-17)14-29-10-8-28(2)9-11-29;1-10-5-6-14(25-10)16-23-17(19)22-15-11(9-20-24(15)16)7-12-3-2-4-13(8-18)21-12;;/h3-7,13H,8-12,14H2,1-2H3,(H2,23,26);2-6,9H,7-8H2,1H3,(H2,19,22);2*1H4. The number of hydrogen-bond acceptors (Lipinski definition) is 14. The second kappa shape index (κ2) is 17.9. The van der Waals surface area contributed by atoms with E-state index in [4.69, 9.17) is 36.9 Å². The molecule has 8 aromatic rings. The number of likely N-dealkylation sites (N-methyl/N-ethyl adjacent to an activating group) is 1. The fourth-order valence-electron chi connectivity index (χ4n) is 6.60. The van der Waals surface area contributed by atoms with E-state index in [2.05, 4.69) is 64.1 Å². The van der Waals surface area contributed by atoms with Crippen molar-refractivity contribution in [1.29, 1.82) is 0 Å². The van der Waals surface area contributed by atoms with Crippen LogP contribution in [0.25, 0.3) is 34.5 Å². The number of fused-ring (bicyclic) bond motifs is 2. The van der Waals surface area contributed by atoms with Gasteiger partial charge in [-0.2, -0.15) is 39.2 Å². The molecule has 17 heteroatoms. The monoisotopic (exact) mass is 804 g/mol. The maximum absolute atomic E-state index is 6.00. The van der Waals surface area contributed by atoms with Crippen molar-refractivity contribution >= 4 is 34.8 Å². The van der Waals surface area contributed by atoms with Gasteiger partial charge in [0.05, 0.1) is 29.7 Å². The van der Waals surface area contributed by atoms with E-state index in [1.165, 1.54) is 0 Å². The molecule has 302 valence electrons. The van der Waals surface area contributed by atoms with E-state index in [9.17, 15) is 0 Å². The van der Waals surface area contributed by atoms with E-state index in [0.29, 0.717) is 53.2 Å². The van der Waals surface area contributed by atoms with Gasteiger partial charge in [0.2, 0.25) is 23.5 Å². The number of nitrogens with zero attached hydrogens (tertiary/aromatic N) is 12. The summed E-state index contributed by atoms with van der Waals surface area (Å²) in [5.74, 6) is 4.58. The van der Waals surface area contributed by atoms with Crippen molar-refractivity contribution in [2.75, 3.05) is 44.7 Å². The number of nitrogen functional groups attached to an aromatic ring is 2. The Bertz CT molecular complexity index is 2620. The van der Waals surface area contributed by atoms with Gasteiger partial charge in [-0.1, -0.05) is 27.0 Å². The molecule has 0 unspecified atom stereocenters. The predicted octanol–water partition coefficient (Wildman–Crippen LogP) is 6.28. The van der Waals surface area contributed by atoms with Crippen LogP contribution in [0, 0.1) is 13.8 Å². The molecular weight excluding hydrogens is 756 g/mol. The Morgan fingerprint density at radius 3 is 1.53 bits per heavy atom. The van der Waals surface area contributed by atoms with Crippen LogP contribution >= 0.6 is 11.6 Å². The number of hydrogen-bond donors (Lipinski definition) is 2. The minimum atomic E-state index is 0. The summed E-state index contributed by atoms with van der Waals surface area (Å²) < 4.78 is 14.7.